The van der Waals surface area contributed by atoms with Crippen molar-refractivity contribution in [2.45, 2.75) is 38.1 Å². The van der Waals surface area contributed by atoms with E-state index in [0.29, 0.717) is 6.04 Å². The lowest BCUT2D eigenvalue weighted by molar-refractivity contribution is -0.0436. The van der Waals surface area contributed by atoms with Gasteiger partial charge in [0.1, 0.15) is 0 Å². The van der Waals surface area contributed by atoms with Crippen LogP contribution in [0.15, 0.2) is 0 Å². The summed E-state index contributed by atoms with van der Waals surface area (Å²) >= 11 is 1.93. The first kappa shape index (κ1) is 10.5. The molecule has 4 fully saturated rings. The third-order valence-electron chi connectivity index (χ3n) is 5.15. The third-order valence-corrected chi connectivity index (χ3v) is 5.87. The molecule has 86 valence electrons. The Hall–Kier alpha value is 0.310. The number of thioether (sulfide) groups is 1. The van der Waals surface area contributed by atoms with Crippen molar-refractivity contribution in [1.82, 2.24) is 0 Å². The van der Waals surface area contributed by atoms with E-state index in [-0.39, 0.29) is 0 Å². The minimum atomic E-state index is 0.481. The van der Waals surface area contributed by atoms with Crippen molar-refractivity contribution >= 4 is 11.8 Å². The highest BCUT2D eigenvalue weighted by atomic mass is 32.2. The quantitative estimate of drug-likeness (QED) is 0.799. The van der Waals surface area contributed by atoms with Crippen LogP contribution in [0.2, 0.25) is 0 Å². The molecular formula is C13H23NS. The summed E-state index contributed by atoms with van der Waals surface area (Å²) in [6, 6.07) is 0.481. The molecule has 4 aliphatic rings. The molecule has 0 aromatic rings. The molecule has 0 saturated heterocycles. The van der Waals surface area contributed by atoms with Crippen LogP contribution in [0.5, 0.6) is 0 Å². The maximum Gasteiger partial charge on any atom is 0.0164 e. The molecule has 0 spiro atoms. The van der Waals surface area contributed by atoms with Crippen LogP contribution < -0.4 is 5.73 Å². The molecule has 1 unspecified atom stereocenters. The zero-order valence-electron chi connectivity index (χ0n) is 9.69. The monoisotopic (exact) mass is 225 g/mol. The molecule has 2 N–H and O–H groups in total. The Morgan fingerprint density at radius 3 is 2.07 bits per heavy atom. The van der Waals surface area contributed by atoms with Gasteiger partial charge in [0, 0.05) is 11.8 Å². The summed E-state index contributed by atoms with van der Waals surface area (Å²) in [4.78, 5) is 0. The highest BCUT2D eigenvalue weighted by Gasteiger charge is 2.49. The molecule has 0 aromatic heterocycles. The predicted octanol–water partition coefficient (Wildman–Crippen LogP) is 2.75. The van der Waals surface area contributed by atoms with E-state index >= 15 is 0 Å². The van der Waals surface area contributed by atoms with Crippen molar-refractivity contribution < 1.29 is 0 Å². The van der Waals surface area contributed by atoms with Crippen molar-refractivity contribution in [3.63, 3.8) is 0 Å². The average molecular weight is 225 g/mol. The van der Waals surface area contributed by atoms with Crippen LogP contribution in [0.25, 0.3) is 0 Å². The van der Waals surface area contributed by atoms with Gasteiger partial charge < -0.3 is 5.73 Å². The first-order valence-electron chi connectivity index (χ1n) is 6.52. The zero-order chi connectivity index (χ0) is 10.4. The highest BCUT2D eigenvalue weighted by molar-refractivity contribution is 7.98. The van der Waals surface area contributed by atoms with E-state index in [0.717, 1.165) is 29.6 Å². The molecule has 2 heteroatoms. The predicted molar refractivity (Wildman–Crippen MR) is 66.9 cm³/mol. The van der Waals surface area contributed by atoms with Gasteiger partial charge in [0.05, 0.1) is 0 Å². The van der Waals surface area contributed by atoms with Gasteiger partial charge in [-0.3, -0.25) is 0 Å². The zero-order valence-corrected chi connectivity index (χ0v) is 10.5. The Balaban J connectivity index is 1.74. The molecule has 0 aliphatic heterocycles. The molecule has 15 heavy (non-hydrogen) atoms. The van der Waals surface area contributed by atoms with Gasteiger partial charge in [-0.25, -0.2) is 0 Å². The molecule has 4 bridgehead atoms. The Kier molecular flexibility index (Phi) is 2.76. The van der Waals surface area contributed by atoms with Crippen LogP contribution in [0.3, 0.4) is 0 Å². The molecule has 0 aromatic carbocycles. The summed E-state index contributed by atoms with van der Waals surface area (Å²) < 4.78 is 0. The molecule has 4 saturated carbocycles. The summed E-state index contributed by atoms with van der Waals surface area (Å²) in [5, 5.41) is 0. The van der Waals surface area contributed by atoms with E-state index in [2.05, 4.69) is 6.26 Å². The number of nitrogens with two attached hydrogens (primary N) is 1. The summed E-state index contributed by atoms with van der Waals surface area (Å²) in [6.07, 6.45) is 9.80. The lowest BCUT2D eigenvalue weighted by Gasteiger charge is -2.56. The molecule has 1 atom stereocenters. The Morgan fingerprint density at radius 1 is 1.07 bits per heavy atom. The van der Waals surface area contributed by atoms with Gasteiger partial charge in [-0.2, -0.15) is 11.8 Å². The average Bonchev–Trinajstić information content (AvgIpc) is 2.15. The Morgan fingerprint density at radius 2 is 1.60 bits per heavy atom. The second-order valence-corrected chi connectivity index (χ2v) is 7.04. The van der Waals surface area contributed by atoms with Crippen LogP contribution in [-0.2, 0) is 0 Å². The number of rotatable bonds is 3. The van der Waals surface area contributed by atoms with E-state index in [9.17, 15) is 0 Å². The molecule has 0 radical (unpaired) electrons. The second kappa shape index (κ2) is 3.96. The lowest BCUT2D eigenvalue weighted by atomic mass is 9.51. The molecule has 0 heterocycles. The summed E-state index contributed by atoms with van der Waals surface area (Å²) in [6.45, 7) is 0. The van der Waals surface area contributed by atoms with Gasteiger partial charge in [0.25, 0.3) is 0 Å². The second-order valence-electron chi connectivity index (χ2n) is 6.13. The van der Waals surface area contributed by atoms with Crippen molar-refractivity contribution in [1.29, 1.82) is 0 Å². The van der Waals surface area contributed by atoms with Crippen LogP contribution in [0, 0.1) is 29.6 Å². The molecular weight excluding hydrogens is 202 g/mol. The van der Waals surface area contributed by atoms with E-state index in [1.54, 1.807) is 6.42 Å². The van der Waals surface area contributed by atoms with Gasteiger partial charge in [-0.05, 0) is 67.9 Å². The van der Waals surface area contributed by atoms with Gasteiger partial charge in [0.15, 0.2) is 0 Å². The summed E-state index contributed by atoms with van der Waals surface area (Å²) in [7, 11) is 0. The normalized spacial score (nSPS) is 49.6. The van der Waals surface area contributed by atoms with E-state index in [4.69, 9.17) is 5.73 Å². The Bertz CT molecular complexity index is 213. The molecule has 4 aliphatic carbocycles. The number of hydrogen-bond acceptors (Lipinski definition) is 2. The summed E-state index contributed by atoms with van der Waals surface area (Å²) in [5.74, 6) is 6.24. The van der Waals surface area contributed by atoms with Gasteiger partial charge in [-0.15, -0.1) is 0 Å². The SMILES string of the molecule is CSCC(N)C1C2CC3CC(C2)CC1C3. The third kappa shape index (κ3) is 1.74. The van der Waals surface area contributed by atoms with Crippen molar-refractivity contribution in [2.75, 3.05) is 12.0 Å². The van der Waals surface area contributed by atoms with Crippen molar-refractivity contribution in [2.24, 2.45) is 35.3 Å². The fraction of sp³-hybridized carbons (Fsp3) is 1.00. The standard InChI is InChI=1S/C13H23NS/c1-15-7-12(14)13-10-3-8-2-9(5-10)6-11(13)4-8/h8-13H,2-7,14H2,1H3. The maximum atomic E-state index is 6.39. The topological polar surface area (TPSA) is 26.0 Å². The van der Waals surface area contributed by atoms with Crippen molar-refractivity contribution in [3.8, 4) is 0 Å². The van der Waals surface area contributed by atoms with Gasteiger partial charge in [-0.1, -0.05) is 0 Å². The van der Waals surface area contributed by atoms with Crippen LogP contribution >= 0.6 is 11.8 Å². The van der Waals surface area contributed by atoms with E-state index in [1.165, 1.54) is 31.4 Å². The summed E-state index contributed by atoms with van der Waals surface area (Å²) in [5.41, 5.74) is 6.39. The van der Waals surface area contributed by atoms with Crippen LogP contribution in [-0.4, -0.2) is 18.1 Å². The lowest BCUT2D eigenvalue weighted by Crippen LogP contribution is -2.52. The molecule has 4 rings (SSSR count). The first-order chi connectivity index (χ1) is 7.28. The maximum absolute atomic E-state index is 6.39. The minimum Gasteiger partial charge on any atom is -0.327 e. The first-order valence-corrected chi connectivity index (χ1v) is 7.91. The van der Waals surface area contributed by atoms with Crippen LogP contribution in [0.1, 0.15) is 32.1 Å². The molecule has 1 nitrogen and oxygen atoms in total. The molecule has 0 amide bonds. The van der Waals surface area contributed by atoms with Gasteiger partial charge >= 0.3 is 0 Å². The van der Waals surface area contributed by atoms with Crippen LogP contribution in [0.4, 0.5) is 0 Å². The highest BCUT2D eigenvalue weighted by Crippen LogP contribution is 2.57. The fourth-order valence-corrected chi connectivity index (χ4v) is 5.58. The van der Waals surface area contributed by atoms with E-state index < -0.39 is 0 Å². The fourth-order valence-electron chi connectivity index (χ4n) is 4.97. The van der Waals surface area contributed by atoms with Crippen molar-refractivity contribution in [3.05, 3.63) is 0 Å². The van der Waals surface area contributed by atoms with Gasteiger partial charge in [0.2, 0.25) is 0 Å². The Labute approximate surface area is 97.6 Å². The minimum absolute atomic E-state index is 0.481. The van der Waals surface area contributed by atoms with E-state index in [1.807, 2.05) is 11.8 Å². The number of hydrogen-bond donors (Lipinski definition) is 1. The largest absolute Gasteiger partial charge is 0.327 e. The smallest absolute Gasteiger partial charge is 0.0164 e.